The van der Waals surface area contributed by atoms with Crippen LogP contribution in [0, 0.1) is 0 Å². The molecule has 0 spiro atoms. The molecule has 2 unspecified atom stereocenters. The van der Waals surface area contributed by atoms with E-state index in [1.807, 2.05) is 55.5 Å². The fourth-order valence-electron chi connectivity index (χ4n) is 4.01. The highest BCUT2D eigenvalue weighted by atomic mass is 16.5. The minimum absolute atomic E-state index is 0.0164. The Balaban J connectivity index is 2.03. The van der Waals surface area contributed by atoms with Gasteiger partial charge in [0, 0.05) is 19.4 Å². The molecule has 0 amide bonds. The Kier molecular flexibility index (Phi) is 12.3. The summed E-state index contributed by atoms with van der Waals surface area (Å²) in [5, 5.41) is 31.4. The fraction of sp³-hybridized carbons (Fsp3) is 0.517. The van der Waals surface area contributed by atoms with Crippen molar-refractivity contribution in [3.63, 3.8) is 0 Å². The van der Waals surface area contributed by atoms with Crippen LogP contribution >= 0.6 is 0 Å². The maximum atomic E-state index is 12.7. The minimum atomic E-state index is -1.92. The Morgan fingerprint density at radius 3 is 1.54 bits per heavy atom. The predicted octanol–water partition coefficient (Wildman–Crippen LogP) is 3.39. The Morgan fingerprint density at radius 1 is 0.657 bits per heavy atom. The van der Waals surface area contributed by atoms with E-state index in [1.54, 1.807) is 0 Å². The molecule has 6 heteroatoms. The van der Waals surface area contributed by atoms with Crippen LogP contribution in [-0.2, 0) is 40.0 Å². The zero-order valence-corrected chi connectivity index (χ0v) is 21.2. The smallest absolute Gasteiger partial charge is 0.232 e. The number of ketones is 2. The highest BCUT2D eigenvalue weighted by Crippen LogP contribution is 2.16. The molecule has 35 heavy (non-hydrogen) atoms. The summed E-state index contributed by atoms with van der Waals surface area (Å²) in [6, 6.07) is 15.4. The van der Waals surface area contributed by atoms with Crippen molar-refractivity contribution >= 4 is 11.6 Å². The van der Waals surface area contributed by atoms with Gasteiger partial charge in [-0.15, -0.1) is 0 Å². The summed E-state index contributed by atoms with van der Waals surface area (Å²) in [6.45, 7) is 6.42. The van der Waals surface area contributed by atoms with E-state index in [9.17, 15) is 24.9 Å². The van der Waals surface area contributed by atoms with Crippen LogP contribution in [0.5, 0.6) is 0 Å². The van der Waals surface area contributed by atoms with Crippen LogP contribution in [-0.4, -0.2) is 57.9 Å². The van der Waals surface area contributed by atoms with Gasteiger partial charge in [-0.25, -0.2) is 0 Å². The lowest BCUT2D eigenvalue weighted by atomic mass is 9.93. The first-order valence-electron chi connectivity index (χ1n) is 12.7. The van der Waals surface area contributed by atoms with E-state index in [1.165, 1.54) is 11.1 Å². The van der Waals surface area contributed by atoms with E-state index < -0.39 is 36.0 Å². The number of rotatable bonds is 16. The van der Waals surface area contributed by atoms with Crippen LogP contribution in [0.25, 0.3) is 0 Å². The molecular weight excluding hydrogens is 444 g/mol. The number of ether oxygens (including phenoxy) is 1. The lowest BCUT2D eigenvalue weighted by molar-refractivity contribution is -0.154. The highest BCUT2D eigenvalue weighted by molar-refractivity contribution is 6.40. The summed E-state index contributed by atoms with van der Waals surface area (Å²) < 4.78 is 5.71. The fourth-order valence-corrected chi connectivity index (χ4v) is 4.01. The van der Waals surface area contributed by atoms with Crippen LogP contribution in [0.2, 0.25) is 0 Å². The van der Waals surface area contributed by atoms with Crippen molar-refractivity contribution in [3.8, 4) is 0 Å². The minimum Gasteiger partial charge on any atom is -0.390 e. The number of carbonyl (C=O) groups is 2. The van der Waals surface area contributed by atoms with E-state index in [4.69, 9.17) is 4.74 Å². The molecule has 0 fully saturated rings. The lowest BCUT2D eigenvalue weighted by Crippen LogP contribution is -2.48. The number of hydrogen-bond acceptors (Lipinski definition) is 6. The van der Waals surface area contributed by atoms with Crippen LogP contribution < -0.4 is 0 Å². The first kappa shape index (κ1) is 28.9. The van der Waals surface area contributed by atoms with Gasteiger partial charge in [0.05, 0.1) is 12.2 Å². The van der Waals surface area contributed by atoms with Gasteiger partial charge in [-0.3, -0.25) is 9.59 Å². The molecule has 3 N–H and O–H groups in total. The number of carbonyl (C=O) groups excluding carboxylic acids is 2. The number of aliphatic hydroxyl groups excluding tert-OH is 3. The summed E-state index contributed by atoms with van der Waals surface area (Å²) in [5.41, 5.74) is 3.98. The molecule has 0 radical (unpaired) electrons. The quantitative estimate of drug-likeness (QED) is 0.316. The zero-order chi connectivity index (χ0) is 25.8. The average molecular weight is 485 g/mol. The number of benzene rings is 2. The number of Topliss-reactive ketones (excluding diaryl/α,β-unsaturated/α-hetero) is 2. The van der Waals surface area contributed by atoms with Gasteiger partial charge in [0.2, 0.25) is 11.6 Å². The van der Waals surface area contributed by atoms with Crippen molar-refractivity contribution in [1.29, 1.82) is 0 Å². The van der Waals surface area contributed by atoms with Crippen molar-refractivity contribution in [2.45, 2.75) is 90.1 Å². The third kappa shape index (κ3) is 8.97. The summed E-state index contributed by atoms with van der Waals surface area (Å²) in [7, 11) is 0. The molecule has 0 aliphatic rings. The molecule has 6 nitrogen and oxygen atoms in total. The number of aliphatic hydroxyl groups is 3. The van der Waals surface area contributed by atoms with Crippen molar-refractivity contribution in [2.24, 2.45) is 0 Å². The molecule has 0 aliphatic heterocycles. The molecule has 0 saturated heterocycles. The van der Waals surface area contributed by atoms with Gasteiger partial charge >= 0.3 is 0 Å². The monoisotopic (exact) mass is 484 g/mol. The molecule has 2 aromatic rings. The second-order valence-corrected chi connectivity index (χ2v) is 9.14. The number of aryl methyl sites for hydroxylation is 2. The summed E-state index contributed by atoms with van der Waals surface area (Å²) in [4.78, 5) is 25.4. The topological polar surface area (TPSA) is 104 Å². The molecule has 2 rings (SSSR count). The van der Waals surface area contributed by atoms with Gasteiger partial charge in [-0.1, -0.05) is 82.1 Å². The van der Waals surface area contributed by atoms with Gasteiger partial charge in [0.25, 0.3) is 0 Å². The SMILES string of the molecule is CCCOC(Cc1ccc(CCC)cc1)[C@H](O)C(=O)C(=O)[C@H](O)C(O)Cc1ccc(CCC)cc1. The van der Waals surface area contributed by atoms with Crippen LogP contribution in [0.3, 0.4) is 0 Å². The maximum Gasteiger partial charge on any atom is 0.232 e. The van der Waals surface area contributed by atoms with Gasteiger partial charge in [0.15, 0.2) is 0 Å². The molecule has 0 saturated carbocycles. The van der Waals surface area contributed by atoms with Gasteiger partial charge in [0.1, 0.15) is 12.2 Å². The van der Waals surface area contributed by atoms with Crippen LogP contribution in [0.4, 0.5) is 0 Å². The van der Waals surface area contributed by atoms with E-state index in [2.05, 4.69) is 13.8 Å². The molecule has 0 bridgehead atoms. The van der Waals surface area contributed by atoms with Crippen LogP contribution in [0.15, 0.2) is 48.5 Å². The van der Waals surface area contributed by atoms with Crippen molar-refractivity contribution < 1.29 is 29.6 Å². The first-order valence-corrected chi connectivity index (χ1v) is 12.7. The average Bonchev–Trinajstić information content (AvgIpc) is 2.87. The van der Waals surface area contributed by atoms with Crippen molar-refractivity contribution in [3.05, 3.63) is 70.8 Å². The van der Waals surface area contributed by atoms with E-state index in [0.29, 0.717) is 13.0 Å². The van der Waals surface area contributed by atoms with Crippen LogP contribution in [0.1, 0.15) is 62.3 Å². The maximum absolute atomic E-state index is 12.7. The second kappa shape index (κ2) is 14.9. The third-order valence-electron chi connectivity index (χ3n) is 6.04. The summed E-state index contributed by atoms with van der Waals surface area (Å²) in [6.07, 6.45) is -1.14. The molecule has 0 aliphatic carbocycles. The van der Waals surface area contributed by atoms with Crippen molar-refractivity contribution in [1.82, 2.24) is 0 Å². The Labute approximate surface area is 209 Å². The zero-order valence-electron chi connectivity index (χ0n) is 21.2. The highest BCUT2D eigenvalue weighted by Gasteiger charge is 2.37. The summed E-state index contributed by atoms with van der Waals surface area (Å²) >= 11 is 0. The third-order valence-corrected chi connectivity index (χ3v) is 6.04. The van der Waals surface area contributed by atoms with E-state index in [-0.39, 0.29) is 12.8 Å². The molecule has 4 atom stereocenters. The van der Waals surface area contributed by atoms with Crippen molar-refractivity contribution in [2.75, 3.05) is 6.61 Å². The van der Waals surface area contributed by atoms with E-state index in [0.717, 1.165) is 36.8 Å². The standard InChI is InChI=1S/C29H40O6/c1-4-7-20-9-13-22(14-10-20)18-24(30)26(31)28(33)29(34)27(32)25(35-17-6-3)19-23-15-11-21(8-5-2)12-16-23/h9-16,24-27,30-32H,4-8,17-19H2,1-3H3/t24?,25?,26-,27+/m1/s1. The Bertz CT molecular complexity index is 906. The predicted molar refractivity (Wildman–Crippen MR) is 136 cm³/mol. The lowest BCUT2D eigenvalue weighted by Gasteiger charge is -2.24. The van der Waals surface area contributed by atoms with Gasteiger partial charge in [-0.05, 0) is 41.5 Å². The van der Waals surface area contributed by atoms with E-state index >= 15 is 0 Å². The van der Waals surface area contributed by atoms with Gasteiger partial charge < -0.3 is 20.1 Å². The molecular formula is C29H40O6. The molecule has 0 heterocycles. The largest absolute Gasteiger partial charge is 0.390 e. The first-order chi connectivity index (χ1) is 16.8. The Morgan fingerprint density at radius 2 is 1.09 bits per heavy atom. The Hall–Kier alpha value is -2.38. The number of hydrogen-bond donors (Lipinski definition) is 3. The summed E-state index contributed by atoms with van der Waals surface area (Å²) in [5.74, 6) is -2.37. The molecule has 0 aromatic heterocycles. The second-order valence-electron chi connectivity index (χ2n) is 9.14. The molecule has 192 valence electrons. The normalized spacial score (nSPS) is 14.8. The molecule has 2 aromatic carbocycles. The van der Waals surface area contributed by atoms with Gasteiger partial charge in [-0.2, -0.15) is 0 Å².